The van der Waals surface area contributed by atoms with Gasteiger partial charge in [-0.25, -0.2) is 0 Å². The van der Waals surface area contributed by atoms with Crippen molar-refractivity contribution in [3.05, 3.63) is 0 Å². The van der Waals surface area contributed by atoms with Crippen molar-refractivity contribution in [2.24, 2.45) is 5.92 Å². The topological polar surface area (TPSA) is 72.3 Å². The first-order valence-electron chi connectivity index (χ1n) is 8.61. The van der Waals surface area contributed by atoms with Crippen molar-refractivity contribution in [2.45, 2.75) is 57.6 Å². The summed E-state index contributed by atoms with van der Waals surface area (Å²) in [6, 6.07) is 0.137. The summed E-state index contributed by atoms with van der Waals surface area (Å²) in [5.41, 5.74) is 0. The first-order valence-corrected chi connectivity index (χ1v) is 9.49. The molecule has 1 aliphatic heterocycles. The summed E-state index contributed by atoms with van der Waals surface area (Å²) in [6.45, 7) is 14.1. The number of anilines is 1. The number of nitrogens with one attached hydrogen (secondary N) is 1. The molecule has 1 aromatic heterocycles. The molecule has 0 aromatic carbocycles. The van der Waals surface area contributed by atoms with Gasteiger partial charge in [0.25, 0.3) is 0 Å². The van der Waals surface area contributed by atoms with Crippen molar-refractivity contribution in [3.63, 3.8) is 0 Å². The summed E-state index contributed by atoms with van der Waals surface area (Å²) in [6.07, 6.45) is 0. The highest BCUT2D eigenvalue weighted by Gasteiger charge is 2.24. The van der Waals surface area contributed by atoms with Crippen LogP contribution in [0.5, 0.6) is 0 Å². The molecule has 2 heterocycles. The van der Waals surface area contributed by atoms with Crippen LogP contribution in [-0.4, -0.2) is 58.3 Å². The number of rotatable bonds is 7. The Kier molecular flexibility index (Phi) is 6.91. The van der Waals surface area contributed by atoms with Crippen molar-refractivity contribution < 1.29 is 9.53 Å². The van der Waals surface area contributed by atoms with E-state index in [-0.39, 0.29) is 17.2 Å². The van der Waals surface area contributed by atoms with Crippen LogP contribution < -0.4 is 10.2 Å². The smallest absolute Gasteiger partial charge is 0.233 e. The number of amides is 1. The van der Waals surface area contributed by atoms with E-state index in [1.54, 1.807) is 0 Å². The maximum Gasteiger partial charge on any atom is 0.233 e. The lowest BCUT2D eigenvalue weighted by Crippen LogP contribution is -2.38. The van der Waals surface area contributed by atoms with E-state index in [1.165, 1.54) is 11.8 Å². The fourth-order valence-corrected chi connectivity index (χ4v) is 3.37. The average molecular weight is 356 g/mol. The van der Waals surface area contributed by atoms with Gasteiger partial charge in [0.15, 0.2) is 5.16 Å². The predicted molar refractivity (Wildman–Crippen MR) is 96.5 cm³/mol. The van der Waals surface area contributed by atoms with Gasteiger partial charge in [0, 0.05) is 25.7 Å². The van der Waals surface area contributed by atoms with Crippen LogP contribution in [0.25, 0.3) is 0 Å². The van der Waals surface area contributed by atoms with Crippen LogP contribution in [0, 0.1) is 5.92 Å². The first-order chi connectivity index (χ1) is 11.4. The Bertz CT molecular complexity index is 541. The number of morpholine rings is 1. The molecule has 8 heteroatoms. The molecule has 1 fully saturated rings. The van der Waals surface area contributed by atoms with Crippen molar-refractivity contribution in [2.75, 3.05) is 31.2 Å². The highest BCUT2D eigenvalue weighted by molar-refractivity contribution is 8.00. The molecule has 0 unspecified atom stereocenters. The molecule has 0 spiro atoms. The second kappa shape index (κ2) is 8.71. The van der Waals surface area contributed by atoms with Crippen molar-refractivity contribution in [1.82, 2.24) is 20.1 Å². The second-order valence-corrected chi connectivity index (χ2v) is 8.12. The SMILES string of the molecule is CC(C)Cn1c(S[C@H](C)C(=O)NC(C)C)nnc1N1CCOCC1. The zero-order chi connectivity index (χ0) is 17.7. The molecule has 0 radical (unpaired) electrons. The zero-order valence-corrected chi connectivity index (χ0v) is 16.1. The summed E-state index contributed by atoms with van der Waals surface area (Å²) < 4.78 is 7.56. The van der Waals surface area contributed by atoms with Crippen LogP contribution in [-0.2, 0) is 16.1 Å². The Labute approximate surface area is 148 Å². The van der Waals surface area contributed by atoms with E-state index in [9.17, 15) is 4.79 Å². The Morgan fingerprint density at radius 3 is 2.46 bits per heavy atom. The highest BCUT2D eigenvalue weighted by atomic mass is 32.2. The summed E-state index contributed by atoms with van der Waals surface area (Å²) in [4.78, 5) is 14.4. The molecular weight excluding hydrogens is 326 g/mol. The van der Waals surface area contributed by atoms with Gasteiger partial charge in [0.2, 0.25) is 11.9 Å². The van der Waals surface area contributed by atoms with Crippen molar-refractivity contribution >= 4 is 23.6 Å². The standard InChI is InChI=1S/C16H29N5O2S/c1-11(2)10-21-15(20-6-8-23-9-7-20)18-19-16(21)24-13(5)14(22)17-12(3)4/h11-13H,6-10H2,1-5H3,(H,17,22)/t13-/m1/s1. The van der Waals surface area contributed by atoms with Gasteiger partial charge in [-0.15, -0.1) is 10.2 Å². The number of hydrogen-bond donors (Lipinski definition) is 1. The molecule has 1 N–H and O–H groups in total. The molecule has 0 aliphatic carbocycles. The first kappa shape index (κ1) is 19.1. The number of hydrogen-bond acceptors (Lipinski definition) is 6. The normalized spacial score (nSPS) is 16.7. The van der Waals surface area contributed by atoms with Crippen LogP contribution in [0.4, 0.5) is 5.95 Å². The van der Waals surface area contributed by atoms with Crippen LogP contribution in [0.1, 0.15) is 34.6 Å². The second-order valence-electron chi connectivity index (χ2n) is 6.81. The van der Waals surface area contributed by atoms with Gasteiger partial charge in [-0.05, 0) is 26.7 Å². The fraction of sp³-hybridized carbons (Fsp3) is 0.812. The predicted octanol–water partition coefficient (Wildman–Crippen LogP) is 1.78. The molecule has 24 heavy (non-hydrogen) atoms. The number of ether oxygens (including phenoxy) is 1. The van der Waals surface area contributed by atoms with Gasteiger partial charge < -0.3 is 15.0 Å². The third-order valence-corrected chi connectivity index (χ3v) is 4.70. The lowest BCUT2D eigenvalue weighted by Gasteiger charge is -2.28. The van der Waals surface area contributed by atoms with Crippen LogP contribution >= 0.6 is 11.8 Å². The van der Waals surface area contributed by atoms with E-state index in [4.69, 9.17) is 4.74 Å². The summed E-state index contributed by atoms with van der Waals surface area (Å²) in [5.74, 6) is 1.38. The van der Waals surface area contributed by atoms with Crippen LogP contribution in [0.3, 0.4) is 0 Å². The third-order valence-electron chi connectivity index (χ3n) is 3.62. The molecule has 1 aliphatic rings. The van der Waals surface area contributed by atoms with Gasteiger partial charge in [-0.2, -0.15) is 0 Å². The molecule has 0 saturated carbocycles. The van der Waals surface area contributed by atoms with Gasteiger partial charge in [0.05, 0.1) is 18.5 Å². The Hall–Kier alpha value is -1.28. The van der Waals surface area contributed by atoms with Gasteiger partial charge >= 0.3 is 0 Å². The summed E-state index contributed by atoms with van der Waals surface area (Å²) >= 11 is 1.47. The van der Waals surface area contributed by atoms with E-state index in [0.717, 1.165) is 30.7 Å². The molecule has 1 atom stereocenters. The third kappa shape index (κ3) is 5.11. The van der Waals surface area contributed by atoms with E-state index < -0.39 is 0 Å². The maximum absolute atomic E-state index is 12.2. The molecule has 7 nitrogen and oxygen atoms in total. The molecule has 1 aromatic rings. The van der Waals surface area contributed by atoms with Crippen LogP contribution in [0.2, 0.25) is 0 Å². The van der Waals surface area contributed by atoms with Crippen molar-refractivity contribution in [1.29, 1.82) is 0 Å². The Balaban J connectivity index is 2.16. The van der Waals surface area contributed by atoms with Gasteiger partial charge in [-0.1, -0.05) is 25.6 Å². The minimum atomic E-state index is -0.208. The molecule has 1 amide bonds. The van der Waals surface area contributed by atoms with Gasteiger partial charge in [0.1, 0.15) is 0 Å². The number of carbonyl (C=O) groups is 1. The monoisotopic (exact) mass is 355 g/mol. The summed E-state index contributed by atoms with van der Waals surface area (Å²) in [5, 5.41) is 12.3. The molecule has 136 valence electrons. The number of aromatic nitrogens is 3. The lowest BCUT2D eigenvalue weighted by molar-refractivity contribution is -0.120. The minimum absolute atomic E-state index is 0.0296. The van der Waals surface area contributed by atoms with Crippen LogP contribution in [0.15, 0.2) is 5.16 Å². The van der Waals surface area contributed by atoms with Crippen molar-refractivity contribution in [3.8, 4) is 0 Å². The van der Waals surface area contributed by atoms with Gasteiger partial charge in [-0.3, -0.25) is 9.36 Å². The Morgan fingerprint density at radius 2 is 1.88 bits per heavy atom. The number of thioether (sulfide) groups is 1. The van der Waals surface area contributed by atoms with E-state index in [1.807, 2.05) is 20.8 Å². The zero-order valence-electron chi connectivity index (χ0n) is 15.3. The largest absolute Gasteiger partial charge is 0.378 e. The van der Waals surface area contributed by atoms with E-state index in [0.29, 0.717) is 19.1 Å². The van der Waals surface area contributed by atoms with E-state index in [2.05, 4.69) is 38.8 Å². The minimum Gasteiger partial charge on any atom is -0.378 e. The maximum atomic E-state index is 12.2. The van der Waals surface area contributed by atoms with E-state index >= 15 is 0 Å². The number of nitrogens with zero attached hydrogens (tertiary/aromatic N) is 4. The Morgan fingerprint density at radius 1 is 1.21 bits per heavy atom. The lowest BCUT2D eigenvalue weighted by atomic mass is 10.2. The fourth-order valence-electron chi connectivity index (χ4n) is 2.50. The highest BCUT2D eigenvalue weighted by Crippen LogP contribution is 2.27. The quantitative estimate of drug-likeness (QED) is 0.752. The molecule has 0 bridgehead atoms. The molecular formula is C16H29N5O2S. The molecule has 2 rings (SSSR count). The average Bonchev–Trinajstić information content (AvgIpc) is 2.89. The summed E-state index contributed by atoms with van der Waals surface area (Å²) in [7, 11) is 0. The molecule has 1 saturated heterocycles. The number of carbonyl (C=O) groups excluding carboxylic acids is 1.